The molecule has 84 valence electrons. The molecule has 3 N–H and O–H groups in total. The molecular formula is C9H14NO4P. The van der Waals surface area contributed by atoms with Crippen LogP contribution < -0.4 is 5.73 Å². The Balaban J connectivity index is 4.56. The van der Waals surface area contributed by atoms with Crippen LogP contribution in [0.5, 0.6) is 0 Å². The third-order valence-electron chi connectivity index (χ3n) is 1.51. The van der Waals surface area contributed by atoms with E-state index in [2.05, 4.69) is 10.4 Å². The third-order valence-corrected chi connectivity index (χ3v) is 1.89. The predicted octanol–water partition coefficient (Wildman–Crippen LogP) is 0.437. The quantitative estimate of drug-likeness (QED) is 0.529. The summed E-state index contributed by atoms with van der Waals surface area (Å²) in [6.45, 7) is 1.81. The summed E-state index contributed by atoms with van der Waals surface area (Å²) >= 11 is 0. The summed E-state index contributed by atoms with van der Waals surface area (Å²) in [6.07, 6.45) is 1.63. The summed E-state index contributed by atoms with van der Waals surface area (Å²) < 4.78 is 15.0. The van der Waals surface area contributed by atoms with Crippen molar-refractivity contribution in [2.75, 3.05) is 13.2 Å². The first-order chi connectivity index (χ1) is 7.15. The van der Waals surface area contributed by atoms with Gasteiger partial charge in [0, 0.05) is 0 Å². The summed E-state index contributed by atoms with van der Waals surface area (Å²) in [5, 5.41) is 8.68. The third kappa shape index (κ3) is 6.26. The van der Waals surface area contributed by atoms with Crippen molar-refractivity contribution in [3.63, 3.8) is 0 Å². The van der Waals surface area contributed by atoms with Gasteiger partial charge in [-0.2, -0.15) is 0 Å². The van der Waals surface area contributed by atoms with Crippen molar-refractivity contribution in [2.45, 2.75) is 19.4 Å². The molecule has 0 heterocycles. The van der Waals surface area contributed by atoms with E-state index in [9.17, 15) is 9.36 Å². The van der Waals surface area contributed by atoms with Crippen LogP contribution in [0, 0.1) is 5.63 Å². The van der Waals surface area contributed by atoms with Gasteiger partial charge in [0.2, 0.25) is 0 Å². The van der Waals surface area contributed by atoms with Gasteiger partial charge in [0.25, 0.3) is 0 Å². The van der Waals surface area contributed by atoms with Crippen molar-refractivity contribution in [1.29, 1.82) is 0 Å². The van der Waals surface area contributed by atoms with Crippen LogP contribution in [0.25, 0.3) is 0 Å². The van der Waals surface area contributed by atoms with Crippen LogP contribution in [0.4, 0.5) is 0 Å². The van der Waals surface area contributed by atoms with Crippen molar-refractivity contribution in [3.05, 3.63) is 11.6 Å². The van der Waals surface area contributed by atoms with Crippen LogP contribution in [0.15, 0.2) is 11.6 Å². The van der Waals surface area contributed by atoms with E-state index < -0.39 is 12.0 Å². The zero-order valence-corrected chi connectivity index (χ0v) is 9.37. The molecule has 0 spiro atoms. The van der Waals surface area contributed by atoms with Crippen LogP contribution >= 0.6 is 7.92 Å². The van der Waals surface area contributed by atoms with Gasteiger partial charge in [-0.25, -0.2) is 0 Å². The summed E-state index contributed by atoms with van der Waals surface area (Å²) in [4.78, 5) is 11.1. The molecule has 15 heavy (non-hydrogen) atoms. The Bertz CT molecular complexity index is 333. The van der Waals surface area contributed by atoms with E-state index in [-0.39, 0.29) is 27.6 Å². The van der Waals surface area contributed by atoms with Crippen molar-refractivity contribution < 1.29 is 19.2 Å². The minimum atomic E-state index is -0.916. The second kappa shape index (κ2) is 8.45. The molecule has 0 radical (unpaired) electrons. The summed E-state index contributed by atoms with van der Waals surface area (Å²) in [6, 6.07) is -0.916. The topological polar surface area (TPSA) is 89.6 Å². The number of hydrogen-bond donors (Lipinski definition) is 2. The maximum atomic E-state index is 11.1. The number of carbonyl (C=O) groups excluding carboxylic acids is 1. The molecule has 0 aromatic heterocycles. The number of aliphatic hydroxyl groups is 1. The minimum absolute atomic E-state index is 0.121. The van der Waals surface area contributed by atoms with Crippen molar-refractivity contribution in [1.82, 2.24) is 0 Å². The van der Waals surface area contributed by atoms with E-state index in [0.29, 0.717) is 5.57 Å². The molecule has 1 unspecified atom stereocenters. The number of aliphatic hydroxyl groups excluding tert-OH is 1. The van der Waals surface area contributed by atoms with Crippen LogP contribution in [-0.2, 0) is 14.1 Å². The van der Waals surface area contributed by atoms with E-state index >= 15 is 0 Å². The molecule has 0 aliphatic carbocycles. The number of carbonyl (C=O) groups is 1. The summed E-state index contributed by atoms with van der Waals surface area (Å²) in [5.41, 5.74) is 8.37. The molecular weight excluding hydrogens is 217 g/mol. The molecule has 0 rings (SSSR count). The number of esters is 1. The predicted molar refractivity (Wildman–Crippen MR) is 55.9 cm³/mol. The molecule has 6 heteroatoms. The molecule has 5 nitrogen and oxygen atoms in total. The first-order valence-electron chi connectivity index (χ1n) is 4.47. The molecule has 1 atom stereocenters. The van der Waals surface area contributed by atoms with Gasteiger partial charge >= 0.3 is 88.7 Å². The number of hydrogen-bond acceptors (Lipinski definition) is 5. The Kier molecular flexibility index (Phi) is 7.96. The van der Waals surface area contributed by atoms with Crippen LogP contribution in [0.1, 0.15) is 13.3 Å². The first-order valence-corrected chi connectivity index (χ1v) is 5.29. The van der Waals surface area contributed by atoms with Crippen molar-refractivity contribution in [3.8, 4) is 5.63 Å². The Morgan fingerprint density at radius 2 is 2.40 bits per heavy atom. The van der Waals surface area contributed by atoms with E-state index in [4.69, 9.17) is 10.8 Å². The molecule has 0 saturated carbocycles. The van der Waals surface area contributed by atoms with Gasteiger partial charge in [0.05, 0.1) is 0 Å². The maximum absolute atomic E-state index is 11.1. The van der Waals surface area contributed by atoms with Gasteiger partial charge < -0.3 is 0 Å². The van der Waals surface area contributed by atoms with Crippen LogP contribution in [0.3, 0.4) is 0 Å². The zero-order valence-electron chi connectivity index (χ0n) is 8.47. The Hall–Kier alpha value is -0.860. The van der Waals surface area contributed by atoms with Crippen molar-refractivity contribution >= 4 is 13.9 Å². The SMILES string of the molecule is CCOC(=O)C(N)C=C(C#P=O)CCO. The van der Waals surface area contributed by atoms with Gasteiger partial charge in [-0.15, -0.1) is 0 Å². The van der Waals surface area contributed by atoms with Crippen LogP contribution in [-0.4, -0.2) is 30.3 Å². The summed E-state index contributed by atoms with van der Waals surface area (Å²) in [7, 11) is -0.308. The second-order valence-corrected chi connectivity index (χ2v) is 3.05. The average Bonchev–Trinajstić information content (AvgIpc) is 2.18. The number of nitrogens with two attached hydrogens (primary N) is 1. The molecule has 0 aliphatic heterocycles. The van der Waals surface area contributed by atoms with E-state index in [1.54, 1.807) is 6.92 Å². The molecule has 0 aromatic carbocycles. The molecule has 0 saturated heterocycles. The Labute approximate surface area is 89.4 Å². The Morgan fingerprint density at radius 3 is 2.87 bits per heavy atom. The fourth-order valence-corrected chi connectivity index (χ4v) is 1.18. The first kappa shape index (κ1) is 14.1. The average molecular weight is 231 g/mol. The van der Waals surface area contributed by atoms with E-state index in [0.717, 1.165) is 0 Å². The monoisotopic (exact) mass is 231 g/mol. The van der Waals surface area contributed by atoms with Gasteiger partial charge in [0.1, 0.15) is 0 Å². The number of rotatable bonds is 5. The van der Waals surface area contributed by atoms with E-state index in [1.165, 1.54) is 6.08 Å². The molecule has 0 aromatic rings. The Morgan fingerprint density at radius 1 is 1.73 bits per heavy atom. The fraction of sp³-hybridized carbons (Fsp3) is 0.556. The van der Waals surface area contributed by atoms with Crippen molar-refractivity contribution in [2.24, 2.45) is 5.73 Å². The van der Waals surface area contributed by atoms with Gasteiger partial charge in [-0.3, -0.25) is 0 Å². The van der Waals surface area contributed by atoms with Gasteiger partial charge in [-0.05, 0) is 0 Å². The fourth-order valence-electron chi connectivity index (χ4n) is 0.879. The molecule has 0 bridgehead atoms. The van der Waals surface area contributed by atoms with Crippen LogP contribution in [0.2, 0.25) is 0 Å². The zero-order chi connectivity index (χ0) is 11.7. The van der Waals surface area contributed by atoms with Gasteiger partial charge in [-0.1, -0.05) is 0 Å². The standard InChI is InChI=1S/C9H14NO4P/c1-2-14-9(12)8(10)5-7(3-4-11)6-15-13/h5,8,11H,2-4,10H2,1H3. The molecule has 0 aliphatic rings. The summed E-state index contributed by atoms with van der Waals surface area (Å²) in [5.74, 6) is -0.558. The van der Waals surface area contributed by atoms with Gasteiger partial charge in [0.15, 0.2) is 0 Å². The molecule has 0 amide bonds. The molecule has 0 fully saturated rings. The second-order valence-electron chi connectivity index (χ2n) is 2.65. The normalized spacial score (nSPS) is 12.9. The van der Waals surface area contributed by atoms with E-state index in [1.807, 2.05) is 0 Å². The number of ether oxygens (including phenoxy) is 1.